The maximum atomic E-state index is 14.9. The molecule has 6 nitrogen and oxygen atoms in total. The van der Waals surface area contributed by atoms with Crippen LogP contribution in [0.1, 0.15) is 24.8 Å². The van der Waals surface area contributed by atoms with E-state index in [9.17, 15) is 8.78 Å². The maximum absolute atomic E-state index is 14.9. The third-order valence-corrected chi connectivity index (χ3v) is 4.70. The van der Waals surface area contributed by atoms with Crippen LogP contribution in [-0.4, -0.2) is 32.4 Å². The van der Waals surface area contributed by atoms with Gasteiger partial charge in [0.25, 0.3) is 0 Å². The average molecular weight is 402 g/mol. The molecule has 3 rings (SSSR count). The summed E-state index contributed by atoms with van der Waals surface area (Å²) in [7, 11) is 2.62. The first-order chi connectivity index (χ1) is 14.0. The lowest BCUT2D eigenvalue weighted by Gasteiger charge is -2.20. The number of nitrogens with one attached hydrogen (secondary N) is 1. The minimum absolute atomic E-state index is 0.120. The lowest BCUT2D eigenvalue weighted by atomic mass is 10.0. The van der Waals surface area contributed by atoms with Crippen molar-refractivity contribution in [3.63, 3.8) is 0 Å². The lowest BCUT2D eigenvalue weighted by molar-refractivity contribution is 0.357. The Balaban J connectivity index is 2.03. The van der Waals surface area contributed by atoms with Crippen molar-refractivity contribution in [3.05, 3.63) is 53.8 Å². The quantitative estimate of drug-likeness (QED) is 0.540. The van der Waals surface area contributed by atoms with Gasteiger partial charge in [0, 0.05) is 24.4 Å². The maximum Gasteiger partial charge on any atom is 0.177 e. The number of amidine groups is 2. The number of hydrogen-bond donors (Lipinski definition) is 2. The van der Waals surface area contributed by atoms with Gasteiger partial charge in [-0.25, -0.2) is 18.8 Å². The van der Waals surface area contributed by atoms with Crippen LogP contribution in [0.25, 0.3) is 5.70 Å². The molecule has 0 bridgehead atoms. The first-order valence-corrected chi connectivity index (χ1v) is 9.26. The first kappa shape index (κ1) is 20.6. The van der Waals surface area contributed by atoms with Crippen molar-refractivity contribution < 1.29 is 18.3 Å². The Morgan fingerprint density at radius 2 is 1.97 bits per heavy atom. The highest BCUT2D eigenvalue weighted by molar-refractivity contribution is 6.08. The van der Waals surface area contributed by atoms with E-state index in [1.807, 2.05) is 0 Å². The molecule has 1 aromatic rings. The van der Waals surface area contributed by atoms with Crippen LogP contribution in [0.4, 0.5) is 8.78 Å². The van der Waals surface area contributed by atoms with Crippen LogP contribution in [0.15, 0.2) is 46.6 Å². The first-order valence-electron chi connectivity index (χ1n) is 9.26. The van der Waals surface area contributed by atoms with Gasteiger partial charge < -0.3 is 20.5 Å². The minimum atomic E-state index is -0.831. The van der Waals surface area contributed by atoms with Crippen molar-refractivity contribution in [3.8, 4) is 11.5 Å². The highest BCUT2D eigenvalue weighted by Crippen LogP contribution is 2.37. The molecule has 1 aromatic carbocycles. The summed E-state index contributed by atoms with van der Waals surface area (Å²) < 4.78 is 39.8. The lowest BCUT2D eigenvalue weighted by Crippen LogP contribution is -2.29. The van der Waals surface area contributed by atoms with Gasteiger partial charge in [-0.2, -0.15) is 0 Å². The number of allylic oxidation sites excluding steroid dienone is 1. The van der Waals surface area contributed by atoms with E-state index < -0.39 is 11.6 Å². The topological polar surface area (TPSA) is 81.2 Å². The molecule has 8 heteroatoms. The van der Waals surface area contributed by atoms with Gasteiger partial charge in [0.2, 0.25) is 0 Å². The van der Waals surface area contributed by atoms with E-state index in [1.165, 1.54) is 26.5 Å². The molecule has 0 unspecified atom stereocenters. The highest BCUT2D eigenvalue weighted by atomic mass is 19.1. The number of benzene rings is 1. The molecule has 0 aromatic heterocycles. The Bertz CT molecular complexity index is 903. The third-order valence-electron chi connectivity index (χ3n) is 4.70. The van der Waals surface area contributed by atoms with Crippen LogP contribution in [0, 0.1) is 17.6 Å². The molecular formula is C21H24F2N4O2. The van der Waals surface area contributed by atoms with Gasteiger partial charge in [-0.1, -0.05) is 12.7 Å². The largest absolute Gasteiger partial charge is 0.494 e. The number of aliphatic imine (C=N–C) groups is 2. The van der Waals surface area contributed by atoms with E-state index >= 15 is 0 Å². The Kier molecular flexibility index (Phi) is 6.31. The fraction of sp³-hybridized carbons (Fsp3) is 0.333. The summed E-state index contributed by atoms with van der Waals surface area (Å²) in [5.74, 6) is -0.538. The molecule has 29 heavy (non-hydrogen) atoms. The van der Waals surface area contributed by atoms with Crippen molar-refractivity contribution in [1.82, 2.24) is 5.32 Å². The molecule has 0 amide bonds. The number of ether oxygens (including phenoxy) is 2. The second-order valence-electron chi connectivity index (χ2n) is 6.77. The van der Waals surface area contributed by atoms with E-state index in [0.717, 1.165) is 25.0 Å². The normalized spacial score (nSPS) is 18.2. The second kappa shape index (κ2) is 8.89. The Morgan fingerprint density at radius 3 is 2.52 bits per heavy atom. The molecule has 154 valence electrons. The van der Waals surface area contributed by atoms with Gasteiger partial charge >= 0.3 is 0 Å². The molecule has 0 saturated heterocycles. The molecule has 1 saturated carbocycles. The molecular weight excluding hydrogens is 378 g/mol. The van der Waals surface area contributed by atoms with Crippen LogP contribution >= 0.6 is 0 Å². The van der Waals surface area contributed by atoms with Crippen LogP contribution in [0.3, 0.4) is 0 Å². The summed E-state index contributed by atoms with van der Waals surface area (Å²) in [4.78, 5) is 8.43. The van der Waals surface area contributed by atoms with Gasteiger partial charge in [0.1, 0.15) is 11.7 Å². The van der Waals surface area contributed by atoms with Crippen molar-refractivity contribution in [2.24, 2.45) is 21.6 Å². The molecule has 0 radical (unpaired) electrons. The Morgan fingerprint density at radius 1 is 1.31 bits per heavy atom. The Labute approximate surface area is 168 Å². The van der Waals surface area contributed by atoms with Gasteiger partial charge in [0.15, 0.2) is 23.1 Å². The molecule has 0 atom stereocenters. The van der Waals surface area contributed by atoms with Gasteiger partial charge in [-0.3, -0.25) is 0 Å². The fourth-order valence-electron chi connectivity index (χ4n) is 2.97. The van der Waals surface area contributed by atoms with Crippen molar-refractivity contribution >= 4 is 17.4 Å². The number of hydrogen-bond acceptors (Lipinski definition) is 5. The molecule has 0 spiro atoms. The SMILES string of the molecule is C=C/N=C(N)\C=C1/CC=C(c2c(F)c(OC)cc(OC)c2F)N=C1NCC1CC1. The van der Waals surface area contributed by atoms with Crippen LogP contribution < -0.4 is 20.5 Å². The molecule has 2 aliphatic rings. The van der Waals surface area contributed by atoms with Crippen LogP contribution in [0.2, 0.25) is 0 Å². The summed E-state index contributed by atoms with van der Waals surface area (Å²) in [6.07, 6.45) is 7.33. The molecule has 1 fully saturated rings. The van der Waals surface area contributed by atoms with Gasteiger partial charge in [-0.15, -0.1) is 0 Å². The zero-order chi connectivity index (χ0) is 21.0. The van der Waals surface area contributed by atoms with E-state index in [1.54, 1.807) is 12.2 Å². The van der Waals surface area contributed by atoms with E-state index in [4.69, 9.17) is 15.2 Å². The smallest absolute Gasteiger partial charge is 0.177 e. The van der Waals surface area contributed by atoms with E-state index in [2.05, 4.69) is 21.9 Å². The summed E-state index contributed by atoms with van der Waals surface area (Å²) >= 11 is 0. The predicted octanol–water partition coefficient (Wildman–Crippen LogP) is 3.55. The van der Waals surface area contributed by atoms with Crippen molar-refractivity contribution in [1.29, 1.82) is 0 Å². The number of halogens is 2. The predicted molar refractivity (Wildman–Crippen MR) is 110 cm³/mol. The molecule has 3 N–H and O–H groups in total. The number of nitrogens with zero attached hydrogens (tertiary/aromatic N) is 2. The fourth-order valence-corrected chi connectivity index (χ4v) is 2.97. The highest BCUT2D eigenvalue weighted by Gasteiger charge is 2.27. The van der Waals surface area contributed by atoms with Crippen LogP contribution in [0.5, 0.6) is 11.5 Å². The minimum Gasteiger partial charge on any atom is -0.494 e. The summed E-state index contributed by atoms with van der Waals surface area (Å²) in [6.45, 7) is 4.25. The number of rotatable bonds is 7. The van der Waals surface area contributed by atoms with Gasteiger partial charge in [0.05, 0.1) is 25.5 Å². The molecule has 1 aliphatic heterocycles. The standard InChI is InChI=1S/C21H24F2N4O2/c1-4-25-17(24)9-13-7-8-14(27-21(13)26-11-12-5-6-12)18-19(22)15(28-2)10-16(29-3)20(18)23/h4,8-10,12H,1,5-7,11H2,2-3H3,(H2,24,25)(H,26,27)/b13-9+. The van der Waals surface area contributed by atoms with E-state index in [-0.39, 0.29) is 28.6 Å². The number of nitrogens with two attached hydrogens (primary N) is 1. The zero-order valence-electron chi connectivity index (χ0n) is 16.5. The second-order valence-corrected chi connectivity index (χ2v) is 6.77. The summed E-state index contributed by atoms with van der Waals surface area (Å²) in [5.41, 5.74) is 6.50. The molecule has 1 heterocycles. The summed E-state index contributed by atoms with van der Waals surface area (Å²) in [6, 6.07) is 1.17. The Hall–Kier alpha value is -3.16. The average Bonchev–Trinajstić information content (AvgIpc) is 3.53. The van der Waals surface area contributed by atoms with Crippen molar-refractivity contribution in [2.75, 3.05) is 20.8 Å². The monoisotopic (exact) mass is 402 g/mol. The summed E-state index contributed by atoms with van der Waals surface area (Å²) in [5, 5.41) is 3.27. The van der Waals surface area contributed by atoms with Crippen LogP contribution in [-0.2, 0) is 0 Å². The van der Waals surface area contributed by atoms with Gasteiger partial charge in [-0.05, 0) is 31.3 Å². The third kappa shape index (κ3) is 4.64. The molecule has 1 aliphatic carbocycles. The van der Waals surface area contributed by atoms with Crippen molar-refractivity contribution in [2.45, 2.75) is 19.3 Å². The van der Waals surface area contributed by atoms with E-state index in [0.29, 0.717) is 18.2 Å². The number of methoxy groups -OCH3 is 2. The zero-order valence-corrected chi connectivity index (χ0v) is 16.5.